The molecule has 2 heterocycles. The van der Waals surface area contributed by atoms with Crippen molar-refractivity contribution in [2.24, 2.45) is 22.1 Å². The van der Waals surface area contributed by atoms with E-state index in [9.17, 15) is 0 Å². The number of nitrogens with two attached hydrogens (primary N) is 1. The summed E-state index contributed by atoms with van der Waals surface area (Å²) in [5.74, 6) is 1.17. The SMILES string of the molecule is CC1(C)C(N=C(N)NC2CCN(Cc3ccccc3)CC2)C2CCCOC21. The number of aliphatic imine (C=N–C) groups is 1. The number of rotatable bonds is 4. The monoisotopic (exact) mass is 370 g/mol. The predicted octanol–water partition coefficient (Wildman–Crippen LogP) is 2.76. The Labute approximate surface area is 163 Å². The van der Waals surface area contributed by atoms with Crippen LogP contribution in [-0.4, -0.2) is 48.7 Å². The van der Waals surface area contributed by atoms with Crippen LogP contribution in [0.25, 0.3) is 0 Å². The number of nitrogens with one attached hydrogen (secondary N) is 1. The van der Waals surface area contributed by atoms with Gasteiger partial charge in [0.25, 0.3) is 0 Å². The highest BCUT2D eigenvalue weighted by atomic mass is 16.5. The second kappa shape index (κ2) is 7.80. The minimum atomic E-state index is 0.0937. The van der Waals surface area contributed by atoms with E-state index in [1.807, 2.05) is 0 Å². The summed E-state index contributed by atoms with van der Waals surface area (Å²) >= 11 is 0. The number of benzene rings is 1. The molecule has 5 nitrogen and oxygen atoms in total. The van der Waals surface area contributed by atoms with Crippen molar-refractivity contribution in [1.82, 2.24) is 10.2 Å². The second-order valence-corrected chi connectivity index (χ2v) is 9.06. The van der Waals surface area contributed by atoms with Gasteiger partial charge in [0.1, 0.15) is 0 Å². The van der Waals surface area contributed by atoms with Gasteiger partial charge in [-0.3, -0.25) is 4.90 Å². The van der Waals surface area contributed by atoms with Crippen LogP contribution < -0.4 is 11.1 Å². The number of piperidine rings is 1. The summed E-state index contributed by atoms with van der Waals surface area (Å²) in [5, 5.41) is 3.50. The molecule has 2 aliphatic heterocycles. The van der Waals surface area contributed by atoms with Crippen LogP contribution in [-0.2, 0) is 11.3 Å². The number of fused-ring (bicyclic) bond motifs is 1. The number of nitrogens with zero attached hydrogens (tertiary/aromatic N) is 2. The number of guanidine groups is 1. The first-order valence-corrected chi connectivity index (χ1v) is 10.5. The molecule has 1 saturated carbocycles. The van der Waals surface area contributed by atoms with Gasteiger partial charge in [-0.1, -0.05) is 44.2 Å². The van der Waals surface area contributed by atoms with Gasteiger partial charge in [-0.05, 0) is 31.2 Å². The molecule has 3 fully saturated rings. The van der Waals surface area contributed by atoms with E-state index >= 15 is 0 Å². The highest BCUT2D eigenvalue weighted by Crippen LogP contribution is 2.52. The van der Waals surface area contributed by atoms with Crippen molar-refractivity contribution in [3.63, 3.8) is 0 Å². The van der Waals surface area contributed by atoms with E-state index in [1.54, 1.807) is 0 Å². The summed E-state index contributed by atoms with van der Waals surface area (Å²) < 4.78 is 5.98. The third kappa shape index (κ3) is 3.99. The summed E-state index contributed by atoms with van der Waals surface area (Å²) in [5.41, 5.74) is 7.78. The maximum Gasteiger partial charge on any atom is 0.189 e. The molecule has 1 aliphatic carbocycles. The number of likely N-dealkylation sites (tertiary alicyclic amines) is 1. The fourth-order valence-electron chi connectivity index (χ4n) is 5.23. The highest BCUT2D eigenvalue weighted by Gasteiger charge is 2.58. The Kier molecular flexibility index (Phi) is 5.42. The lowest BCUT2D eigenvalue weighted by molar-refractivity contribution is -0.182. The zero-order valence-electron chi connectivity index (χ0n) is 16.7. The predicted molar refractivity (Wildman–Crippen MR) is 110 cm³/mol. The van der Waals surface area contributed by atoms with Crippen molar-refractivity contribution in [3.8, 4) is 0 Å². The second-order valence-electron chi connectivity index (χ2n) is 9.06. The van der Waals surface area contributed by atoms with Gasteiger partial charge in [0.2, 0.25) is 0 Å². The van der Waals surface area contributed by atoms with Crippen LogP contribution in [0.1, 0.15) is 45.1 Å². The number of hydrogen-bond acceptors (Lipinski definition) is 3. The molecule has 0 aromatic heterocycles. The molecule has 4 rings (SSSR count). The zero-order valence-corrected chi connectivity index (χ0v) is 16.7. The van der Waals surface area contributed by atoms with Crippen molar-refractivity contribution in [3.05, 3.63) is 35.9 Å². The Hall–Kier alpha value is -1.59. The summed E-state index contributed by atoms with van der Waals surface area (Å²) in [4.78, 5) is 7.42. The molecule has 27 heavy (non-hydrogen) atoms. The Bertz CT molecular complexity index is 652. The van der Waals surface area contributed by atoms with Gasteiger partial charge >= 0.3 is 0 Å². The van der Waals surface area contributed by atoms with Crippen LogP contribution in [0.5, 0.6) is 0 Å². The minimum Gasteiger partial charge on any atom is -0.377 e. The van der Waals surface area contributed by atoms with Crippen molar-refractivity contribution in [1.29, 1.82) is 0 Å². The lowest BCUT2D eigenvalue weighted by Crippen LogP contribution is -2.64. The molecule has 0 radical (unpaired) electrons. The maximum absolute atomic E-state index is 6.30. The topological polar surface area (TPSA) is 62.9 Å². The molecule has 0 bridgehead atoms. The van der Waals surface area contributed by atoms with Crippen LogP contribution in [0.4, 0.5) is 0 Å². The van der Waals surface area contributed by atoms with Crippen LogP contribution in [0.2, 0.25) is 0 Å². The average Bonchev–Trinajstić information content (AvgIpc) is 2.68. The van der Waals surface area contributed by atoms with Crippen LogP contribution in [0.15, 0.2) is 35.3 Å². The molecule has 2 saturated heterocycles. The van der Waals surface area contributed by atoms with E-state index in [0.29, 0.717) is 24.0 Å². The quantitative estimate of drug-likeness (QED) is 0.632. The first kappa shape index (κ1) is 18.8. The van der Waals surface area contributed by atoms with E-state index in [4.69, 9.17) is 15.5 Å². The lowest BCUT2D eigenvalue weighted by atomic mass is 9.55. The Morgan fingerprint density at radius 3 is 2.70 bits per heavy atom. The fourth-order valence-corrected chi connectivity index (χ4v) is 5.23. The first-order chi connectivity index (χ1) is 13.0. The molecule has 3 atom stereocenters. The Balaban J connectivity index is 1.27. The van der Waals surface area contributed by atoms with Crippen molar-refractivity contribution >= 4 is 5.96 Å². The van der Waals surface area contributed by atoms with Crippen molar-refractivity contribution in [2.75, 3.05) is 19.7 Å². The lowest BCUT2D eigenvalue weighted by Gasteiger charge is -2.58. The van der Waals surface area contributed by atoms with E-state index in [1.165, 1.54) is 12.0 Å². The minimum absolute atomic E-state index is 0.0937. The Morgan fingerprint density at radius 2 is 1.96 bits per heavy atom. The van der Waals surface area contributed by atoms with Gasteiger partial charge in [0.05, 0.1) is 12.1 Å². The van der Waals surface area contributed by atoms with Crippen LogP contribution in [0, 0.1) is 11.3 Å². The third-order valence-corrected chi connectivity index (χ3v) is 6.74. The highest BCUT2D eigenvalue weighted by molar-refractivity contribution is 5.78. The molecule has 0 spiro atoms. The molecule has 5 heteroatoms. The van der Waals surface area contributed by atoms with Gasteiger partial charge in [-0.2, -0.15) is 0 Å². The summed E-state index contributed by atoms with van der Waals surface area (Å²) in [6.07, 6.45) is 4.96. The summed E-state index contributed by atoms with van der Waals surface area (Å²) in [6, 6.07) is 11.4. The molecule has 1 aromatic carbocycles. The van der Waals surface area contributed by atoms with Gasteiger partial charge < -0.3 is 15.8 Å². The van der Waals surface area contributed by atoms with E-state index in [0.717, 1.165) is 45.5 Å². The first-order valence-electron chi connectivity index (χ1n) is 10.5. The molecular weight excluding hydrogens is 336 g/mol. The number of ether oxygens (including phenoxy) is 1. The molecule has 148 valence electrons. The van der Waals surface area contributed by atoms with Crippen LogP contribution in [0.3, 0.4) is 0 Å². The van der Waals surface area contributed by atoms with Gasteiger partial charge in [-0.15, -0.1) is 0 Å². The van der Waals surface area contributed by atoms with Gasteiger partial charge in [-0.25, -0.2) is 4.99 Å². The standard InChI is InChI=1S/C22H34N4O/c1-22(2)19(18-9-6-14-27-20(18)22)25-21(23)24-17-10-12-26(13-11-17)15-16-7-4-3-5-8-16/h3-5,7-8,17-20H,6,9-15H2,1-2H3,(H3,23,24,25). The smallest absolute Gasteiger partial charge is 0.189 e. The Morgan fingerprint density at radius 1 is 1.22 bits per heavy atom. The maximum atomic E-state index is 6.30. The summed E-state index contributed by atoms with van der Waals surface area (Å²) in [6.45, 7) is 8.68. The number of hydrogen-bond donors (Lipinski definition) is 2. The molecule has 1 aromatic rings. The molecular formula is C22H34N4O. The molecule has 3 aliphatic rings. The fraction of sp³-hybridized carbons (Fsp3) is 0.682. The zero-order chi connectivity index (χ0) is 18.9. The third-order valence-electron chi connectivity index (χ3n) is 6.74. The van der Waals surface area contributed by atoms with E-state index in [2.05, 4.69) is 54.4 Å². The average molecular weight is 371 g/mol. The van der Waals surface area contributed by atoms with Crippen molar-refractivity contribution in [2.45, 2.75) is 64.3 Å². The molecule has 3 N–H and O–H groups in total. The van der Waals surface area contributed by atoms with Crippen molar-refractivity contribution < 1.29 is 4.74 Å². The van der Waals surface area contributed by atoms with Crippen LogP contribution >= 0.6 is 0 Å². The largest absolute Gasteiger partial charge is 0.377 e. The van der Waals surface area contributed by atoms with Gasteiger partial charge in [0, 0.05) is 43.6 Å². The van der Waals surface area contributed by atoms with E-state index in [-0.39, 0.29) is 11.5 Å². The molecule has 3 unspecified atom stereocenters. The summed E-state index contributed by atoms with van der Waals surface area (Å²) in [7, 11) is 0. The van der Waals surface area contributed by atoms with E-state index < -0.39 is 0 Å². The normalized spacial score (nSPS) is 31.8. The molecule has 0 amide bonds. The van der Waals surface area contributed by atoms with Gasteiger partial charge in [0.15, 0.2) is 5.96 Å².